The Kier molecular flexibility index (Phi) is 1.66. The minimum Gasteiger partial charge on any atom is -0.378 e. The first kappa shape index (κ1) is 6.62. The largest absolute Gasteiger partial charge is 0.378 e. The van der Waals surface area contributed by atoms with Gasteiger partial charge in [-0.1, -0.05) is 0 Å². The van der Waals surface area contributed by atoms with Gasteiger partial charge in [-0.25, -0.2) is 0 Å². The highest BCUT2D eigenvalue weighted by molar-refractivity contribution is 4.89. The lowest BCUT2D eigenvalue weighted by atomic mass is 10.0. The van der Waals surface area contributed by atoms with Gasteiger partial charge in [0.2, 0.25) is 0 Å². The van der Waals surface area contributed by atoms with Crippen molar-refractivity contribution in [2.45, 2.75) is 25.4 Å². The highest BCUT2D eigenvalue weighted by Crippen LogP contribution is 2.39. The van der Waals surface area contributed by atoms with Gasteiger partial charge in [-0.3, -0.25) is 0 Å². The molecule has 1 aliphatic carbocycles. The van der Waals surface area contributed by atoms with Crippen LogP contribution in [0, 0.1) is 11.8 Å². The van der Waals surface area contributed by atoms with E-state index in [1.54, 1.807) is 0 Å². The first-order chi connectivity index (χ1) is 4.92. The molecule has 0 aromatic heterocycles. The summed E-state index contributed by atoms with van der Waals surface area (Å²) >= 11 is 0. The topological polar surface area (TPSA) is 35.2 Å². The van der Waals surface area contributed by atoms with E-state index >= 15 is 0 Å². The number of ether oxygens (including phenoxy) is 1. The summed E-state index contributed by atoms with van der Waals surface area (Å²) < 4.78 is 5.60. The van der Waals surface area contributed by atoms with E-state index < -0.39 is 0 Å². The number of fused-ring (bicyclic) bond motifs is 1. The minimum absolute atomic E-state index is 0.532. The fourth-order valence-electron chi connectivity index (χ4n) is 2.33. The van der Waals surface area contributed by atoms with Crippen LogP contribution >= 0.6 is 0 Å². The predicted octanol–water partition coefficient (Wildman–Crippen LogP) is 0.760. The average Bonchev–Trinajstić information content (AvgIpc) is 2.44. The van der Waals surface area contributed by atoms with E-state index in [9.17, 15) is 0 Å². The molecule has 58 valence electrons. The molecule has 3 atom stereocenters. The van der Waals surface area contributed by atoms with Crippen molar-refractivity contribution in [2.75, 3.05) is 13.2 Å². The zero-order valence-electron chi connectivity index (χ0n) is 6.25. The molecule has 2 heteroatoms. The zero-order chi connectivity index (χ0) is 6.97. The number of nitrogens with two attached hydrogens (primary N) is 1. The molecule has 1 unspecified atom stereocenters. The van der Waals surface area contributed by atoms with Gasteiger partial charge in [-0.15, -0.1) is 0 Å². The van der Waals surface area contributed by atoms with Gasteiger partial charge >= 0.3 is 0 Å². The van der Waals surface area contributed by atoms with Crippen LogP contribution in [0.15, 0.2) is 0 Å². The van der Waals surface area contributed by atoms with Gasteiger partial charge in [0.1, 0.15) is 0 Å². The van der Waals surface area contributed by atoms with Crippen molar-refractivity contribution in [3.63, 3.8) is 0 Å². The standard InChI is InChI=1S/C8H15NO/c9-5-7-2-1-6-3-4-10-8(6)7/h6-8H,1-5,9H2/t6-,7?,8-/m1/s1. The van der Waals surface area contributed by atoms with Gasteiger partial charge in [-0.2, -0.15) is 0 Å². The fourth-order valence-corrected chi connectivity index (χ4v) is 2.33. The lowest BCUT2D eigenvalue weighted by Gasteiger charge is -2.15. The van der Waals surface area contributed by atoms with Crippen LogP contribution in [-0.2, 0) is 4.74 Å². The van der Waals surface area contributed by atoms with E-state index in [0.717, 1.165) is 19.1 Å². The average molecular weight is 141 g/mol. The summed E-state index contributed by atoms with van der Waals surface area (Å²) in [6.45, 7) is 1.80. The second-order valence-electron chi connectivity index (χ2n) is 3.46. The molecule has 0 amide bonds. The predicted molar refractivity (Wildman–Crippen MR) is 39.6 cm³/mol. The molecule has 2 nitrogen and oxygen atoms in total. The summed E-state index contributed by atoms with van der Waals surface area (Å²) in [5.41, 5.74) is 5.61. The fraction of sp³-hybridized carbons (Fsp3) is 1.00. The van der Waals surface area contributed by atoms with E-state index in [2.05, 4.69) is 0 Å². The normalized spacial score (nSPS) is 45.9. The molecule has 2 fully saturated rings. The van der Waals surface area contributed by atoms with Crippen LogP contribution in [0.4, 0.5) is 0 Å². The Morgan fingerprint density at radius 2 is 2.20 bits per heavy atom. The van der Waals surface area contributed by atoms with Crippen LogP contribution in [0.1, 0.15) is 19.3 Å². The van der Waals surface area contributed by atoms with Crippen molar-refractivity contribution in [1.82, 2.24) is 0 Å². The maximum atomic E-state index is 5.61. The quantitative estimate of drug-likeness (QED) is 0.585. The van der Waals surface area contributed by atoms with E-state index in [4.69, 9.17) is 10.5 Å². The molecule has 1 saturated carbocycles. The van der Waals surface area contributed by atoms with Crippen molar-refractivity contribution >= 4 is 0 Å². The van der Waals surface area contributed by atoms with Gasteiger partial charge < -0.3 is 10.5 Å². The first-order valence-corrected chi connectivity index (χ1v) is 4.23. The van der Waals surface area contributed by atoms with Gasteiger partial charge in [-0.05, 0) is 37.6 Å². The molecule has 1 aliphatic heterocycles. The van der Waals surface area contributed by atoms with Crippen LogP contribution in [0.2, 0.25) is 0 Å². The molecule has 2 N–H and O–H groups in total. The van der Waals surface area contributed by atoms with Crippen LogP contribution < -0.4 is 5.73 Å². The summed E-state index contributed by atoms with van der Waals surface area (Å²) in [6, 6.07) is 0. The summed E-state index contributed by atoms with van der Waals surface area (Å²) in [4.78, 5) is 0. The second kappa shape index (κ2) is 2.51. The molecule has 10 heavy (non-hydrogen) atoms. The highest BCUT2D eigenvalue weighted by atomic mass is 16.5. The molecule has 0 bridgehead atoms. The maximum Gasteiger partial charge on any atom is 0.0644 e. The Hall–Kier alpha value is -0.0800. The molecule has 1 saturated heterocycles. The number of hydrogen-bond acceptors (Lipinski definition) is 2. The summed E-state index contributed by atoms with van der Waals surface area (Å²) in [7, 11) is 0. The van der Waals surface area contributed by atoms with Crippen molar-refractivity contribution in [3.8, 4) is 0 Å². The van der Waals surface area contributed by atoms with Gasteiger partial charge in [0.05, 0.1) is 6.10 Å². The number of rotatable bonds is 1. The first-order valence-electron chi connectivity index (χ1n) is 4.23. The van der Waals surface area contributed by atoms with E-state index in [0.29, 0.717) is 12.0 Å². The van der Waals surface area contributed by atoms with Crippen molar-refractivity contribution in [2.24, 2.45) is 17.6 Å². The Morgan fingerprint density at radius 3 is 3.00 bits per heavy atom. The summed E-state index contributed by atoms with van der Waals surface area (Å²) in [5, 5.41) is 0. The van der Waals surface area contributed by atoms with Gasteiger partial charge in [0.15, 0.2) is 0 Å². The molecular weight excluding hydrogens is 126 g/mol. The molecule has 2 aliphatic rings. The van der Waals surface area contributed by atoms with Crippen LogP contribution in [0.3, 0.4) is 0 Å². The monoisotopic (exact) mass is 141 g/mol. The minimum atomic E-state index is 0.532. The molecule has 0 spiro atoms. The summed E-state index contributed by atoms with van der Waals surface area (Å²) in [6.07, 6.45) is 4.46. The summed E-state index contributed by atoms with van der Waals surface area (Å²) in [5.74, 6) is 1.53. The second-order valence-corrected chi connectivity index (χ2v) is 3.46. The van der Waals surface area contributed by atoms with E-state index in [-0.39, 0.29) is 0 Å². The van der Waals surface area contributed by atoms with Crippen LogP contribution in [-0.4, -0.2) is 19.3 Å². The Labute approximate surface area is 61.7 Å². The lowest BCUT2D eigenvalue weighted by molar-refractivity contribution is 0.0688. The SMILES string of the molecule is NCC1CC[C@@H]2CCO[C@@H]12. The zero-order valence-corrected chi connectivity index (χ0v) is 6.25. The number of hydrogen-bond donors (Lipinski definition) is 1. The van der Waals surface area contributed by atoms with Crippen molar-refractivity contribution in [3.05, 3.63) is 0 Å². The molecular formula is C8H15NO. The molecule has 0 radical (unpaired) electrons. The molecule has 0 aromatic carbocycles. The Morgan fingerprint density at radius 1 is 1.30 bits per heavy atom. The smallest absolute Gasteiger partial charge is 0.0644 e. The van der Waals surface area contributed by atoms with Gasteiger partial charge in [0.25, 0.3) is 0 Å². The highest BCUT2D eigenvalue weighted by Gasteiger charge is 2.39. The molecule has 1 heterocycles. The maximum absolute atomic E-state index is 5.61. The molecule has 0 aromatic rings. The third kappa shape index (κ3) is 0.867. The lowest BCUT2D eigenvalue weighted by Crippen LogP contribution is -2.25. The van der Waals surface area contributed by atoms with Gasteiger partial charge in [0, 0.05) is 6.61 Å². The Bertz CT molecular complexity index is 126. The third-order valence-electron chi connectivity index (χ3n) is 2.94. The third-order valence-corrected chi connectivity index (χ3v) is 2.94. The van der Waals surface area contributed by atoms with Crippen LogP contribution in [0.25, 0.3) is 0 Å². The van der Waals surface area contributed by atoms with Crippen molar-refractivity contribution < 1.29 is 4.74 Å². The molecule has 2 rings (SSSR count). The van der Waals surface area contributed by atoms with E-state index in [1.165, 1.54) is 19.3 Å². The van der Waals surface area contributed by atoms with Crippen molar-refractivity contribution in [1.29, 1.82) is 0 Å². The van der Waals surface area contributed by atoms with Crippen LogP contribution in [0.5, 0.6) is 0 Å². The van der Waals surface area contributed by atoms with E-state index in [1.807, 2.05) is 0 Å². The Balaban J connectivity index is 2.01.